The van der Waals surface area contributed by atoms with Crippen molar-refractivity contribution in [1.29, 1.82) is 0 Å². The Labute approximate surface area is 610 Å². The molecule has 0 unspecified atom stereocenters. The summed E-state index contributed by atoms with van der Waals surface area (Å²) in [6.45, 7) is 15.1. The minimum atomic E-state index is -5.08. The van der Waals surface area contributed by atoms with Gasteiger partial charge in [-0.2, -0.15) is 13.2 Å². The number of carboxylic acid groups (broad SMARTS) is 1. The summed E-state index contributed by atoms with van der Waals surface area (Å²) in [5.41, 5.74) is 18.0. The summed E-state index contributed by atoms with van der Waals surface area (Å²) in [7, 11) is 0. The molecule has 36 nitrogen and oxygen atoms in total. The van der Waals surface area contributed by atoms with Gasteiger partial charge in [-0.15, -0.1) is 0 Å². The number of esters is 1. The number of ether oxygens (including phenoxy) is 1. The van der Waals surface area contributed by atoms with Crippen LogP contribution in [0.5, 0.6) is 0 Å². The summed E-state index contributed by atoms with van der Waals surface area (Å²) in [4.78, 5) is 197. The summed E-state index contributed by atoms with van der Waals surface area (Å²) >= 11 is 0. The number of aliphatic hydroxyl groups excluding tert-OH is 4. The first-order valence-corrected chi connectivity index (χ1v) is 34.1. The molecule has 0 saturated carbocycles. The molecular weight excluding hydrogens is 1410 g/mol. The minimum Gasteiger partial charge on any atom is -0.475 e. The highest BCUT2D eigenvalue weighted by Crippen LogP contribution is 2.25. The number of carbonyl (C=O) groups is 14. The molecule has 13 amide bonds. The van der Waals surface area contributed by atoms with Crippen LogP contribution in [-0.2, 0) is 67.1 Å². The molecular formula is C67H103F3N16O20. The molecule has 1 saturated heterocycles. The second-order valence-corrected chi connectivity index (χ2v) is 26.8. The van der Waals surface area contributed by atoms with Crippen molar-refractivity contribution in [3.05, 3.63) is 66.2 Å². The fourth-order valence-electron chi connectivity index (χ4n) is 10.1. The molecule has 0 bridgehead atoms. The average molecular weight is 1510 g/mol. The fourth-order valence-corrected chi connectivity index (χ4v) is 10.1. The van der Waals surface area contributed by atoms with Crippen LogP contribution in [0.1, 0.15) is 126 Å². The number of carboxylic acids is 1. The second-order valence-electron chi connectivity index (χ2n) is 26.8. The quantitative estimate of drug-likeness (QED) is 0.0216. The van der Waals surface area contributed by atoms with Crippen LogP contribution in [-0.4, -0.2) is 219 Å². The van der Waals surface area contributed by atoms with Crippen molar-refractivity contribution >= 4 is 94.6 Å². The monoisotopic (exact) mass is 1510 g/mol. The number of hydrogen-bond acceptors (Lipinski definition) is 21. The number of aliphatic hydroxyl groups is 4. The predicted molar refractivity (Wildman–Crippen MR) is 374 cm³/mol. The summed E-state index contributed by atoms with van der Waals surface area (Å²) in [6, 6.07) is -3.48. The Bertz CT molecular complexity index is 3340. The number of primary amides is 1. The van der Waals surface area contributed by atoms with E-state index in [0.29, 0.717) is 5.69 Å². The molecule has 0 radical (unpaired) electrons. The smallest absolute Gasteiger partial charge is 0.475 e. The number of hydrogen-bond donors (Lipinski definition) is 20. The molecule has 1 heterocycles. The highest BCUT2D eigenvalue weighted by molar-refractivity contribution is 6.03. The second kappa shape index (κ2) is 44.6. The highest BCUT2D eigenvalue weighted by atomic mass is 19.4. The van der Waals surface area contributed by atoms with Crippen molar-refractivity contribution in [3.63, 3.8) is 0 Å². The lowest BCUT2D eigenvalue weighted by atomic mass is 9.95. The standard InChI is InChI=1S/C65H102N16O18.C2HF3O2/c1-12-35(10)45-59(93)78-46(36(11)83)58(92)70-29-44(84)76-48(51(86)53(67)87)61(95)75-43(30-82)63(97)99-52(37-20-15-13-16-21-37)49(80-57(91)42(28-33(6)7)73-54(88)39(66)26-31(2)3)62(96)79-47(50(85)34(8)9)60(94)74-41(27-32(4)5)56(90)72-40(55(89)77-45)24-19-25-69-64(68)81-65(98)71-38-22-17-14-18-23-38;3-2(4,5)1(6)7/h13-18,20-23,31-36,39-43,45-52,82-83,85-86H,12,19,24-30,66H2,1-11H3,(H2,67,87)(H,70,92)(H,72,90)(H,73,88)(H,74,94)(H,75,95)(H,76,84)(H,77,89)(H,78,93)(H,79,96)(H,80,91)(H4,68,69,71,81,98);(H,6,7)/t35-,36-,39+,40+,41-,42-,43-,45-,46-,47-,48-,49-,50+,51-,52+;/m0./s1. The average Bonchev–Trinajstić information content (AvgIpc) is 0.813. The van der Waals surface area contributed by atoms with Gasteiger partial charge in [-0.3, -0.25) is 63.0 Å². The van der Waals surface area contributed by atoms with Crippen molar-refractivity contribution in [3.8, 4) is 0 Å². The first-order chi connectivity index (χ1) is 49.4. The van der Waals surface area contributed by atoms with Gasteiger partial charge in [0, 0.05) is 12.2 Å². The maximum atomic E-state index is 15.5. The Kier molecular flexibility index (Phi) is 38.7. The molecule has 0 aliphatic carbocycles. The minimum absolute atomic E-state index is 0.0597. The number of halogens is 3. The van der Waals surface area contributed by atoms with Crippen LogP contribution >= 0.6 is 0 Å². The van der Waals surface area contributed by atoms with E-state index in [1.165, 1.54) is 44.2 Å². The molecule has 3 rings (SSSR count). The largest absolute Gasteiger partial charge is 0.490 e. The lowest BCUT2D eigenvalue weighted by Crippen LogP contribution is -2.64. The molecule has 2 aromatic rings. The molecule has 0 aromatic heterocycles. The lowest BCUT2D eigenvalue weighted by Gasteiger charge is -2.34. The summed E-state index contributed by atoms with van der Waals surface area (Å²) in [5.74, 6) is -20.4. The Morgan fingerprint density at radius 3 is 1.68 bits per heavy atom. The van der Waals surface area contributed by atoms with E-state index in [2.05, 4.69) is 58.2 Å². The third kappa shape index (κ3) is 31.7. The number of benzene rings is 2. The third-order valence-electron chi connectivity index (χ3n) is 16.0. The summed E-state index contributed by atoms with van der Waals surface area (Å²) in [6.07, 6.45) is -13.5. The Morgan fingerprint density at radius 1 is 0.642 bits per heavy atom. The number of urea groups is 1. The SMILES string of the molecule is CC[C@H](C)[C@@H]1NC(=O)[C@@H](CCCN=C(N)NC(=O)Nc2ccccc2)NC(=O)[C@H](CC(C)C)NC(=O)[C@H]([C@H](O)C(C)C)NC(=O)[C@@H](NC(=O)[C@H](CC(C)C)NC(=O)[C@H](N)CC(C)C)[C@@H](c2ccccc2)OC(=O)[C@H](CO)NC(=O)[C@H]([C@H](O)C(N)=O)NC(=O)CNC(=O)[C@H]([C@H](C)O)NC1=O.O=C(O)C(F)(F)F. The van der Waals surface area contributed by atoms with Crippen LogP contribution in [0.3, 0.4) is 0 Å². The molecule has 592 valence electrons. The van der Waals surface area contributed by atoms with Gasteiger partial charge in [-0.25, -0.2) is 14.4 Å². The molecule has 106 heavy (non-hydrogen) atoms. The Morgan fingerprint density at radius 2 is 1.16 bits per heavy atom. The lowest BCUT2D eigenvalue weighted by molar-refractivity contribution is -0.192. The van der Waals surface area contributed by atoms with Crippen LogP contribution in [0.25, 0.3) is 0 Å². The van der Waals surface area contributed by atoms with Crippen LogP contribution in [0.15, 0.2) is 65.7 Å². The van der Waals surface area contributed by atoms with Gasteiger partial charge in [0.2, 0.25) is 65.0 Å². The molecule has 39 heteroatoms. The van der Waals surface area contributed by atoms with E-state index in [1.807, 2.05) is 24.5 Å². The number of nitrogens with two attached hydrogens (primary N) is 3. The van der Waals surface area contributed by atoms with Crippen LogP contribution in [0.4, 0.5) is 23.7 Å². The number of nitrogens with one attached hydrogen (secondary N) is 12. The van der Waals surface area contributed by atoms with Crippen LogP contribution in [0, 0.1) is 29.6 Å². The number of anilines is 1. The van der Waals surface area contributed by atoms with E-state index in [1.54, 1.807) is 71.9 Å². The number of aliphatic imine (C=N–C) groups is 1. The van der Waals surface area contributed by atoms with Crippen LogP contribution in [0.2, 0.25) is 0 Å². The number of aliphatic carboxylic acids is 1. The van der Waals surface area contributed by atoms with Gasteiger partial charge < -0.3 is 106 Å². The fraction of sp³-hybridized carbons (Fsp3) is 0.597. The van der Waals surface area contributed by atoms with E-state index >= 15 is 9.59 Å². The normalized spacial score (nSPS) is 22.8. The van der Waals surface area contributed by atoms with E-state index in [0.717, 1.165) is 6.92 Å². The van der Waals surface area contributed by atoms with Gasteiger partial charge in [-0.05, 0) is 86.3 Å². The number of nitrogens with zero attached hydrogens (tertiary/aromatic N) is 1. The van der Waals surface area contributed by atoms with E-state index in [4.69, 9.17) is 31.8 Å². The maximum absolute atomic E-state index is 15.5. The summed E-state index contributed by atoms with van der Waals surface area (Å²) < 4.78 is 37.7. The Balaban J connectivity index is 0.00000517. The van der Waals surface area contributed by atoms with Gasteiger partial charge in [0.1, 0.15) is 48.3 Å². The first-order valence-electron chi connectivity index (χ1n) is 34.1. The molecule has 2 aromatic carbocycles. The number of rotatable bonds is 24. The van der Waals surface area contributed by atoms with Gasteiger partial charge in [0.05, 0.1) is 31.4 Å². The van der Waals surface area contributed by atoms with E-state index in [9.17, 15) is 86.3 Å². The number of amides is 13. The predicted octanol–water partition coefficient (Wildman–Crippen LogP) is -2.94. The number of carbonyl (C=O) groups excluding carboxylic acids is 13. The zero-order valence-electron chi connectivity index (χ0n) is 60.8. The molecule has 1 aliphatic heterocycles. The van der Waals surface area contributed by atoms with E-state index < -0.39 is 205 Å². The molecule has 0 spiro atoms. The first kappa shape index (κ1) is 92.0. The van der Waals surface area contributed by atoms with Crippen molar-refractivity contribution in [2.75, 3.05) is 25.0 Å². The number of cyclic esters (lactones) is 1. The van der Waals surface area contributed by atoms with E-state index in [-0.39, 0.29) is 68.4 Å². The van der Waals surface area contributed by atoms with Crippen molar-refractivity contribution in [2.45, 2.75) is 206 Å². The van der Waals surface area contributed by atoms with Crippen LogP contribution < -0.4 is 81.0 Å². The number of alkyl halides is 3. The third-order valence-corrected chi connectivity index (χ3v) is 16.0. The maximum Gasteiger partial charge on any atom is 0.490 e. The zero-order valence-corrected chi connectivity index (χ0v) is 60.8. The van der Waals surface area contributed by atoms with Crippen molar-refractivity contribution < 1.29 is 111 Å². The topological polar surface area (TPSA) is 584 Å². The molecule has 1 fully saturated rings. The zero-order chi connectivity index (χ0) is 80.6. The molecule has 15 atom stereocenters. The summed E-state index contributed by atoms with van der Waals surface area (Å²) in [5, 5.41) is 80.5. The van der Waals surface area contributed by atoms with Gasteiger partial charge >= 0.3 is 24.1 Å². The number of guanidine groups is 1. The molecule has 1 aliphatic rings. The van der Waals surface area contributed by atoms with Crippen molar-refractivity contribution in [2.24, 2.45) is 51.8 Å². The van der Waals surface area contributed by atoms with Gasteiger partial charge in [0.25, 0.3) is 0 Å². The van der Waals surface area contributed by atoms with Gasteiger partial charge in [0.15, 0.2) is 24.2 Å². The van der Waals surface area contributed by atoms with Crippen molar-refractivity contribution in [1.82, 2.24) is 58.5 Å². The molecule has 23 N–H and O–H groups in total. The Hall–Kier alpha value is -10.1. The highest BCUT2D eigenvalue weighted by Gasteiger charge is 2.44. The number of para-hydroxylation sites is 1. The van der Waals surface area contributed by atoms with Gasteiger partial charge in [-0.1, -0.05) is 124 Å².